The smallest absolute Gasteiger partial charge is 0.189 e. The van der Waals surface area contributed by atoms with Crippen LogP contribution in [0.25, 0.3) is 0 Å². The number of ketones is 1. The highest BCUT2D eigenvalue weighted by Crippen LogP contribution is 2.31. The van der Waals surface area contributed by atoms with E-state index in [-0.39, 0.29) is 12.4 Å². The van der Waals surface area contributed by atoms with Crippen LogP contribution < -0.4 is 0 Å². The highest BCUT2D eigenvalue weighted by Gasteiger charge is 2.22. The lowest BCUT2D eigenvalue weighted by atomic mass is 9.94. The molecule has 0 amide bonds. The molecule has 2 nitrogen and oxygen atoms in total. The van der Waals surface area contributed by atoms with E-state index >= 15 is 0 Å². The Labute approximate surface area is 80.5 Å². The zero-order valence-corrected chi connectivity index (χ0v) is 7.99. The molecule has 0 aliphatic heterocycles. The van der Waals surface area contributed by atoms with Crippen molar-refractivity contribution in [3.63, 3.8) is 0 Å². The molecule has 0 bridgehead atoms. The Balaban J connectivity index is 2.47. The summed E-state index contributed by atoms with van der Waals surface area (Å²) in [5.74, 6) is 0.0530. The van der Waals surface area contributed by atoms with E-state index in [4.69, 9.17) is 5.11 Å². The number of aliphatic hydroxyl groups is 1. The summed E-state index contributed by atoms with van der Waals surface area (Å²) in [7, 11) is 0. The molecule has 1 aromatic heterocycles. The van der Waals surface area contributed by atoms with Crippen molar-refractivity contribution in [1.82, 2.24) is 0 Å². The number of aliphatic hydroxyl groups excluding tert-OH is 1. The summed E-state index contributed by atoms with van der Waals surface area (Å²) in [6, 6.07) is 1.78. The second kappa shape index (κ2) is 3.09. The predicted molar refractivity (Wildman–Crippen MR) is 52.0 cm³/mol. The Morgan fingerprint density at radius 3 is 3.00 bits per heavy atom. The van der Waals surface area contributed by atoms with Gasteiger partial charge in [-0.15, -0.1) is 11.3 Å². The number of hydrogen-bond donors (Lipinski definition) is 1. The molecule has 0 fully saturated rings. The van der Waals surface area contributed by atoms with Crippen LogP contribution in [0.2, 0.25) is 0 Å². The van der Waals surface area contributed by atoms with Crippen LogP contribution in [0.5, 0.6) is 0 Å². The molecule has 0 radical (unpaired) electrons. The molecule has 0 unspecified atom stereocenters. The minimum absolute atomic E-state index is 0.0252. The minimum atomic E-state index is 0.0252. The summed E-state index contributed by atoms with van der Waals surface area (Å²) in [6.45, 7) is 3.75. The summed E-state index contributed by atoms with van der Waals surface area (Å²) in [5.41, 5.74) is 1.44. The van der Waals surface area contributed by atoms with Crippen LogP contribution >= 0.6 is 11.3 Å². The fourth-order valence-corrected chi connectivity index (χ4v) is 2.53. The van der Waals surface area contributed by atoms with Gasteiger partial charge in [-0.25, -0.2) is 0 Å². The van der Waals surface area contributed by atoms with Gasteiger partial charge >= 0.3 is 0 Å². The number of allylic oxidation sites excluding steroid dienone is 1. The quantitative estimate of drug-likeness (QED) is 0.693. The van der Waals surface area contributed by atoms with E-state index in [0.717, 1.165) is 28.2 Å². The monoisotopic (exact) mass is 194 g/mol. The van der Waals surface area contributed by atoms with E-state index < -0.39 is 0 Å². The van der Waals surface area contributed by atoms with Crippen molar-refractivity contribution >= 4 is 17.1 Å². The van der Waals surface area contributed by atoms with E-state index in [1.54, 1.807) is 6.07 Å². The van der Waals surface area contributed by atoms with Gasteiger partial charge in [0.2, 0.25) is 0 Å². The van der Waals surface area contributed by atoms with Gasteiger partial charge in [-0.1, -0.05) is 6.58 Å². The van der Waals surface area contributed by atoms with E-state index in [0.29, 0.717) is 5.57 Å². The summed E-state index contributed by atoms with van der Waals surface area (Å²) in [4.78, 5) is 13.5. The van der Waals surface area contributed by atoms with Crippen molar-refractivity contribution in [2.75, 3.05) is 0 Å². The van der Waals surface area contributed by atoms with E-state index in [1.165, 1.54) is 11.3 Å². The maximum Gasteiger partial charge on any atom is 0.189 e. The molecule has 3 heteroatoms. The molecule has 13 heavy (non-hydrogen) atoms. The summed E-state index contributed by atoms with van der Waals surface area (Å²) in [5, 5.41) is 8.92. The van der Waals surface area contributed by atoms with Gasteiger partial charge < -0.3 is 5.11 Å². The third-order valence-corrected chi connectivity index (χ3v) is 3.42. The standard InChI is InChI=1S/C10H10O2S/c1-6-2-3-9-8(10(6)12)4-7(5-11)13-9/h4,11H,1-3,5H2. The number of hydrogen-bond acceptors (Lipinski definition) is 3. The first-order valence-corrected chi connectivity index (χ1v) is 4.99. The van der Waals surface area contributed by atoms with E-state index in [2.05, 4.69) is 6.58 Å². The van der Waals surface area contributed by atoms with Gasteiger partial charge in [0.25, 0.3) is 0 Å². The Hall–Kier alpha value is -0.930. The minimum Gasteiger partial charge on any atom is -0.391 e. The van der Waals surface area contributed by atoms with Crippen molar-refractivity contribution in [1.29, 1.82) is 0 Å². The topological polar surface area (TPSA) is 37.3 Å². The molecular formula is C10H10O2S. The van der Waals surface area contributed by atoms with Crippen LogP contribution in [0.15, 0.2) is 18.2 Å². The van der Waals surface area contributed by atoms with Crippen LogP contribution in [-0.2, 0) is 13.0 Å². The van der Waals surface area contributed by atoms with Gasteiger partial charge in [-0.05, 0) is 24.5 Å². The number of Topliss-reactive ketones (excluding diaryl/α,β-unsaturated/α-hetero) is 1. The van der Waals surface area contributed by atoms with Gasteiger partial charge in [0, 0.05) is 15.3 Å². The van der Waals surface area contributed by atoms with Crippen LogP contribution in [0, 0.1) is 0 Å². The lowest BCUT2D eigenvalue weighted by molar-refractivity contribution is 0.102. The average molecular weight is 194 g/mol. The molecule has 0 aromatic carbocycles. The molecule has 1 aromatic rings. The normalized spacial score (nSPS) is 16.1. The van der Waals surface area contributed by atoms with Gasteiger partial charge in [0.15, 0.2) is 5.78 Å². The largest absolute Gasteiger partial charge is 0.391 e. The lowest BCUT2D eigenvalue weighted by Crippen LogP contribution is -2.10. The van der Waals surface area contributed by atoms with Crippen LogP contribution in [0.3, 0.4) is 0 Å². The second-order valence-corrected chi connectivity index (χ2v) is 4.36. The molecule has 0 spiro atoms. The average Bonchev–Trinajstić information content (AvgIpc) is 2.55. The zero-order valence-electron chi connectivity index (χ0n) is 7.17. The number of carbonyl (C=O) groups is 1. The van der Waals surface area contributed by atoms with Crippen molar-refractivity contribution in [2.45, 2.75) is 19.4 Å². The number of aryl methyl sites for hydroxylation is 1. The van der Waals surface area contributed by atoms with Gasteiger partial charge in [-0.2, -0.15) is 0 Å². The molecule has 0 atom stereocenters. The Kier molecular flexibility index (Phi) is 2.06. The summed E-state index contributed by atoms with van der Waals surface area (Å²) < 4.78 is 0. The molecular weight excluding hydrogens is 184 g/mol. The van der Waals surface area contributed by atoms with Gasteiger partial charge in [-0.3, -0.25) is 4.79 Å². The van der Waals surface area contributed by atoms with E-state index in [1.807, 2.05) is 0 Å². The van der Waals surface area contributed by atoms with Crippen molar-refractivity contribution in [2.24, 2.45) is 0 Å². The number of carbonyl (C=O) groups excluding carboxylic acids is 1. The molecule has 68 valence electrons. The Morgan fingerprint density at radius 2 is 2.31 bits per heavy atom. The number of rotatable bonds is 1. The van der Waals surface area contributed by atoms with Gasteiger partial charge in [0.05, 0.1) is 6.61 Å². The first-order chi connectivity index (χ1) is 6.22. The maximum atomic E-state index is 11.6. The maximum absolute atomic E-state index is 11.6. The van der Waals surface area contributed by atoms with Gasteiger partial charge in [0.1, 0.15) is 0 Å². The van der Waals surface area contributed by atoms with Crippen molar-refractivity contribution in [3.05, 3.63) is 33.5 Å². The molecule has 1 heterocycles. The first-order valence-electron chi connectivity index (χ1n) is 4.17. The molecule has 1 aliphatic carbocycles. The Bertz CT molecular complexity index is 376. The highest BCUT2D eigenvalue weighted by atomic mass is 32.1. The molecule has 2 rings (SSSR count). The number of thiophene rings is 1. The second-order valence-electron chi connectivity index (χ2n) is 3.14. The van der Waals surface area contributed by atoms with Crippen LogP contribution in [0.1, 0.15) is 26.5 Å². The fraction of sp³-hybridized carbons (Fsp3) is 0.300. The summed E-state index contributed by atoms with van der Waals surface area (Å²) >= 11 is 1.53. The zero-order chi connectivity index (χ0) is 9.42. The third-order valence-electron chi connectivity index (χ3n) is 2.24. The summed E-state index contributed by atoms with van der Waals surface area (Å²) in [6.07, 6.45) is 1.65. The lowest BCUT2D eigenvalue weighted by Gasteiger charge is -2.10. The molecule has 1 N–H and O–H groups in total. The fourth-order valence-electron chi connectivity index (χ4n) is 1.51. The Morgan fingerprint density at radius 1 is 1.54 bits per heavy atom. The molecule has 1 aliphatic rings. The van der Waals surface area contributed by atoms with Crippen molar-refractivity contribution < 1.29 is 9.90 Å². The SMILES string of the molecule is C=C1CCc2sc(CO)cc2C1=O. The van der Waals surface area contributed by atoms with Crippen LogP contribution in [0.4, 0.5) is 0 Å². The molecule has 0 saturated carbocycles. The van der Waals surface area contributed by atoms with Crippen molar-refractivity contribution in [3.8, 4) is 0 Å². The number of fused-ring (bicyclic) bond motifs is 1. The predicted octanol–water partition coefficient (Wildman–Crippen LogP) is 1.93. The van der Waals surface area contributed by atoms with E-state index in [9.17, 15) is 4.79 Å². The third kappa shape index (κ3) is 1.34. The van der Waals surface area contributed by atoms with Crippen LogP contribution in [-0.4, -0.2) is 10.9 Å². The first kappa shape index (κ1) is 8.66. The molecule has 0 saturated heterocycles. The highest BCUT2D eigenvalue weighted by molar-refractivity contribution is 7.12.